The third-order valence-corrected chi connectivity index (χ3v) is 3.14. The van der Waals surface area contributed by atoms with E-state index >= 15 is 0 Å². The summed E-state index contributed by atoms with van der Waals surface area (Å²) in [5.74, 6) is 2.07. The Kier molecular flexibility index (Phi) is 4.50. The van der Waals surface area contributed by atoms with Crippen molar-refractivity contribution in [2.45, 2.75) is 39.2 Å². The topological polar surface area (TPSA) is 60.2 Å². The molecule has 2 unspecified atom stereocenters. The fourth-order valence-corrected chi connectivity index (χ4v) is 2.19. The number of nitrogens with one attached hydrogen (secondary N) is 1. The highest BCUT2D eigenvalue weighted by Crippen LogP contribution is 2.20. The summed E-state index contributed by atoms with van der Waals surface area (Å²) < 4.78 is 10.8. The van der Waals surface area contributed by atoms with Crippen LogP contribution in [0.2, 0.25) is 0 Å². The van der Waals surface area contributed by atoms with Gasteiger partial charge < -0.3 is 14.6 Å². The summed E-state index contributed by atoms with van der Waals surface area (Å²) >= 11 is 0. The first-order chi connectivity index (χ1) is 8.33. The fraction of sp³-hybridized carbons (Fsp3) is 0.833. The van der Waals surface area contributed by atoms with Crippen LogP contribution < -0.4 is 5.32 Å². The molecule has 1 aromatic heterocycles. The third-order valence-electron chi connectivity index (χ3n) is 3.14. The fourth-order valence-electron chi connectivity index (χ4n) is 2.19. The molecule has 5 nitrogen and oxygen atoms in total. The minimum absolute atomic E-state index is 0.0285. The van der Waals surface area contributed by atoms with Gasteiger partial charge in [-0.1, -0.05) is 12.1 Å². The molecule has 2 heterocycles. The molecule has 0 aromatic carbocycles. The molecule has 1 aliphatic heterocycles. The molecule has 1 aromatic rings. The summed E-state index contributed by atoms with van der Waals surface area (Å²) in [6.07, 6.45) is 2.92. The van der Waals surface area contributed by atoms with Gasteiger partial charge in [-0.2, -0.15) is 4.98 Å². The largest absolute Gasteiger partial charge is 0.370 e. The molecule has 2 atom stereocenters. The monoisotopic (exact) mass is 239 g/mol. The van der Waals surface area contributed by atoms with Crippen LogP contribution in [0.5, 0.6) is 0 Å². The standard InChI is InChI=1S/C12H21N3O2/c1-3-10(16-4-2)12-14-11(17-15-12)7-9-5-6-13-8-9/h9-10,13H,3-8H2,1-2H3. The maximum Gasteiger partial charge on any atom is 0.227 e. The lowest BCUT2D eigenvalue weighted by Gasteiger charge is -2.09. The highest BCUT2D eigenvalue weighted by atomic mass is 16.5. The van der Waals surface area contributed by atoms with Crippen LogP contribution >= 0.6 is 0 Å². The zero-order valence-electron chi connectivity index (χ0n) is 10.6. The van der Waals surface area contributed by atoms with E-state index < -0.39 is 0 Å². The van der Waals surface area contributed by atoms with Crippen molar-refractivity contribution >= 4 is 0 Å². The second-order valence-electron chi connectivity index (χ2n) is 4.46. The number of hydrogen-bond donors (Lipinski definition) is 1. The lowest BCUT2D eigenvalue weighted by Crippen LogP contribution is -2.11. The second-order valence-corrected chi connectivity index (χ2v) is 4.46. The molecule has 0 aliphatic carbocycles. The van der Waals surface area contributed by atoms with Crippen LogP contribution in [0.4, 0.5) is 0 Å². The van der Waals surface area contributed by atoms with Crippen molar-refractivity contribution in [1.82, 2.24) is 15.5 Å². The van der Waals surface area contributed by atoms with Gasteiger partial charge in [-0.05, 0) is 38.8 Å². The number of rotatable bonds is 6. The van der Waals surface area contributed by atoms with Crippen molar-refractivity contribution in [2.75, 3.05) is 19.7 Å². The van der Waals surface area contributed by atoms with E-state index in [9.17, 15) is 0 Å². The van der Waals surface area contributed by atoms with E-state index in [-0.39, 0.29) is 6.10 Å². The number of nitrogens with zero attached hydrogens (tertiary/aromatic N) is 2. The average molecular weight is 239 g/mol. The molecular weight excluding hydrogens is 218 g/mol. The summed E-state index contributed by atoms with van der Waals surface area (Å²) in [6, 6.07) is 0. The molecule has 1 fully saturated rings. The maximum atomic E-state index is 5.56. The molecule has 0 spiro atoms. The van der Waals surface area contributed by atoms with E-state index in [1.807, 2.05) is 6.92 Å². The van der Waals surface area contributed by atoms with Crippen LogP contribution in [0.1, 0.15) is 44.5 Å². The molecule has 96 valence electrons. The van der Waals surface area contributed by atoms with Gasteiger partial charge in [-0.3, -0.25) is 0 Å². The lowest BCUT2D eigenvalue weighted by atomic mass is 10.1. The van der Waals surface area contributed by atoms with Crippen molar-refractivity contribution in [2.24, 2.45) is 5.92 Å². The van der Waals surface area contributed by atoms with Gasteiger partial charge in [0.05, 0.1) is 0 Å². The van der Waals surface area contributed by atoms with Crippen molar-refractivity contribution in [3.63, 3.8) is 0 Å². The first kappa shape index (κ1) is 12.5. The summed E-state index contributed by atoms with van der Waals surface area (Å²) in [5.41, 5.74) is 0. The Morgan fingerprint density at radius 2 is 2.41 bits per heavy atom. The minimum atomic E-state index is -0.0285. The van der Waals surface area contributed by atoms with Crippen molar-refractivity contribution in [3.05, 3.63) is 11.7 Å². The van der Waals surface area contributed by atoms with Gasteiger partial charge in [0.1, 0.15) is 6.10 Å². The molecular formula is C12H21N3O2. The number of aromatic nitrogens is 2. The third kappa shape index (κ3) is 3.26. The van der Waals surface area contributed by atoms with E-state index in [0.29, 0.717) is 18.3 Å². The van der Waals surface area contributed by atoms with Gasteiger partial charge in [0, 0.05) is 13.0 Å². The molecule has 0 radical (unpaired) electrons. The molecule has 1 aliphatic rings. The normalized spacial score (nSPS) is 21.9. The Morgan fingerprint density at radius 1 is 1.53 bits per heavy atom. The zero-order valence-corrected chi connectivity index (χ0v) is 10.6. The van der Waals surface area contributed by atoms with E-state index in [2.05, 4.69) is 22.4 Å². The molecule has 1 N–H and O–H groups in total. The van der Waals surface area contributed by atoms with E-state index in [1.165, 1.54) is 6.42 Å². The van der Waals surface area contributed by atoms with Gasteiger partial charge in [0.2, 0.25) is 11.7 Å². The Labute approximate surface area is 102 Å². The summed E-state index contributed by atoms with van der Waals surface area (Å²) in [5, 5.41) is 7.36. The number of ether oxygens (including phenoxy) is 1. The summed E-state index contributed by atoms with van der Waals surface area (Å²) in [6.45, 7) is 6.88. The first-order valence-corrected chi connectivity index (χ1v) is 6.48. The van der Waals surface area contributed by atoms with Crippen LogP contribution in [0, 0.1) is 5.92 Å². The van der Waals surface area contributed by atoms with E-state index in [4.69, 9.17) is 9.26 Å². The predicted octanol–water partition coefficient (Wildman–Crippen LogP) is 1.71. The SMILES string of the molecule is CCOC(CC)c1noc(CC2CCNC2)n1. The molecule has 0 bridgehead atoms. The van der Waals surface area contributed by atoms with E-state index in [1.54, 1.807) is 0 Å². The van der Waals surface area contributed by atoms with Crippen molar-refractivity contribution in [1.29, 1.82) is 0 Å². The Morgan fingerprint density at radius 3 is 3.06 bits per heavy atom. The van der Waals surface area contributed by atoms with Gasteiger partial charge in [0.15, 0.2) is 0 Å². The summed E-state index contributed by atoms with van der Waals surface area (Å²) in [4.78, 5) is 4.43. The van der Waals surface area contributed by atoms with Gasteiger partial charge >= 0.3 is 0 Å². The molecule has 0 saturated carbocycles. The second kappa shape index (κ2) is 6.12. The first-order valence-electron chi connectivity index (χ1n) is 6.48. The highest BCUT2D eigenvalue weighted by molar-refractivity contribution is 4.93. The smallest absolute Gasteiger partial charge is 0.227 e. The maximum absolute atomic E-state index is 5.56. The van der Waals surface area contributed by atoms with Gasteiger partial charge in [-0.25, -0.2) is 0 Å². The quantitative estimate of drug-likeness (QED) is 0.819. The van der Waals surface area contributed by atoms with E-state index in [0.717, 1.165) is 31.8 Å². The molecule has 5 heteroatoms. The van der Waals surface area contributed by atoms with Crippen LogP contribution in [0.25, 0.3) is 0 Å². The van der Waals surface area contributed by atoms with Crippen LogP contribution in [-0.2, 0) is 11.2 Å². The average Bonchev–Trinajstić information content (AvgIpc) is 2.98. The molecule has 1 saturated heterocycles. The lowest BCUT2D eigenvalue weighted by molar-refractivity contribution is 0.0518. The molecule has 2 rings (SSSR count). The molecule has 0 amide bonds. The van der Waals surface area contributed by atoms with Crippen LogP contribution in [0.3, 0.4) is 0 Å². The number of hydrogen-bond acceptors (Lipinski definition) is 5. The van der Waals surface area contributed by atoms with Crippen molar-refractivity contribution in [3.8, 4) is 0 Å². The van der Waals surface area contributed by atoms with Gasteiger partial charge in [-0.15, -0.1) is 0 Å². The van der Waals surface area contributed by atoms with Crippen molar-refractivity contribution < 1.29 is 9.26 Å². The van der Waals surface area contributed by atoms with Crippen LogP contribution in [-0.4, -0.2) is 29.8 Å². The Balaban J connectivity index is 1.94. The minimum Gasteiger partial charge on any atom is -0.370 e. The zero-order chi connectivity index (χ0) is 12.1. The highest BCUT2D eigenvalue weighted by Gasteiger charge is 2.21. The summed E-state index contributed by atoms with van der Waals surface area (Å²) in [7, 11) is 0. The van der Waals surface area contributed by atoms with Gasteiger partial charge in [0.25, 0.3) is 0 Å². The molecule has 17 heavy (non-hydrogen) atoms. The Bertz CT molecular complexity index is 334. The Hall–Kier alpha value is -0.940. The van der Waals surface area contributed by atoms with Crippen LogP contribution in [0.15, 0.2) is 4.52 Å². The predicted molar refractivity (Wildman–Crippen MR) is 63.6 cm³/mol.